The predicted octanol–water partition coefficient (Wildman–Crippen LogP) is 1.89. The average Bonchev–Trinajstić information content (AvgIpc) is 2.40. The summed E-state index contributed by atoms with van der Waals surface area (Å²) in [6, 6.07) is 9.53. The van der Waals surface area contributed by atoms with E-state index in [9.17, 15) is 15.3 Å². The first-order chi connectivity index (χ1) is 8.62. The molecule has 0 bridgehead atoms. The van der Waals surface area contributed by atoms with Crippen molar-refractivity contribution in [3.8, 4) is 0 Å². The summed E-state index contributed by atoms with van der Waals surface area (Å²) in [6.07, 6.45) is 2.74. The van der Waals surface area contributed by atoms with Crippen LogP contribution < -0.4 is 0 Å². The van der Waals surface area contributed by atoms with Crippen molar-refractivity contribution in [3.05, 3.63) is 35.9 Å². The number of rotatable bonds is 8. The van der Waals surface area contributed by atoms with Crippen molar-refractivity contribution in [2.45, 2.75) is 50.7 Å². The van der Waals surface area contributed by atoms with Crippen LogP contribution in [0.5, 0.6) is 0 Å². The van der Waals surface area contributed by atoms with E-state index in [1.807, 2.05) is 30.3 Å². The molecule has 0 saturated heterocycles. The smallest absolute Gasteiger partial charge is 0.114 e. The Morgan fingerprint density at radius 3 is 2.39 bits per heavy atom. The Morgan fingerprint density at radius 2 is 1.83 bits per heavy atom. The summed E-state index contributed by atoms with van der Waals surface area (Å²) in [4.78, 5) is 0. The quantitative estimate of drug-likeness (QED) is 0.619. The van der Waals surface area contributed by atoms with Crippen molar-refractivity contribution in [3.63, 3.8) is 0 Å². The molecule has 0 aliphatic heterocycles. The molecule has 3 nitrogen and oxygen atoms in total. The van der Waals surface area contributed by atoms with Gasteiger partial charge < -0.3 is 15.3 Å². The molecule has 18 heavy (non-hydrogen) atoms. The van der Waals surface area contributed by atoms with Crippen molar-refractivity contribution < 1.29 is 15.3 Å². The van der Waals surface area contributed by atoms with Gasteiger partial charge in [0, 0.05) is 6.42 Å². The van der Waals surface area contributed by atoms with Gasteiger partial charge in [0.2, 0.25) is 0 Å². The zero-order chi connectivity index (χ0) is 13.4. The number of aliphatic hydroxyl groups is 3. The number of aliphatic hydroxyl groups excluding tert-OH is 2. The van der Waals surface area contributed by atoms with Gasteiger partial charge in [0.15, 0.2) is 0 Å². The van der Waals surface area contributed by atoms with E-state index < -0.39 is 18.3 Å². The normalized spacial score (nSPS) is 16.2. The fourth-order valence-corrected chi connectivity index (χ4v) is 2.06. The van der Waals surface area contributed by atoms with Gasteiger partial charge in [0.05, 0.1) is 12.7 Å². The van der Waals surface area contributed by atoms with E-state index >= 15 is 0 Å². The molecule has 0 saturated carbocycles. The van der Waals surface area contributed by atoms with Crippen LogP contribution in [0.2, 0.25) is 0 Å². The largest absolute Gasteiger partial charge is 0.393 e. The number of hydrogen-bond donors (Lipinski definition) is 3. The molecule has 0 radical (unpaired) electrons. The van der Waals surface area contributed by atoms with Gasteiger partial charge in [-0.1, -0.05) is 56.5 Å². The number of hydrogen-bond acceptors (Lipinski definition) is 3. The van der Waals surface area contributed by atoms with E-state index in [4.69, 9.17) is 0 Å². The highest BCUT2D eigenvalue weighted by Gasteiger charge is 2.34. The summed E-state index contributed by atoms with van der Waals surface area (Å²) in [6.45, 7) is 1.68. The molecule has 0 spiro atoms. The van der Waals surface area contributed by atoms with Crippen molar-refractivity contribution in [1.29, 1.82) is 0 Å². The predicted molar refractivity (Wildman–Crippen MR) is 72.3 cm³/mol. The summed E-state index contributed by atoms with van der Waals surface area (Å²) in [5.41, 5.74) is -0.419. The summed E-state index contributed by atoms with van der Waals surface area (Å²) < 4.78 is 0. The molecular weight excluding hydrogens is 228 g/mol. The lowest BCUT2D eigenvalue weighted by Gasteiger charge is -2.31. The lowest BCUT2D eigenvalue weighted by atomic mass is 9.87. The number of benzene rings is 1. The monoisotopic (exact) mass is 252 g/mol. The molecule has 0 amide bonds. The van der Waals surface area contributed by atoms with Gasteiger partial charge in [-0.15, -0.1) is 0 Å². The Morgan fingerprint density at radius 1 is 1.17 bits per heavy atom. The minimum atomic E-state index is -1.38. The topological polar surface area (TPSA) is 60.7 Å². The van der Waals surface area contributed by atoms with E-state index in [-0.39, 0.29) is 0 Å². The minimum absolute atomic E-state index is 0.365. The lowest BCUT2D eigenvalue weighted by Crippen LogP contribution is -2.46. The van der Waals surface area contributed by atoms with Crippen LogP contribution in [0.1, 0.15) is 38.2 Å². The van der Waals surface area contributed by atoms with Gasteiger partial charge in [0.1, 0.15) is 5.60 Å². The van der Waals surface area contributed by atoms with E-state index in [0.717, 1.165) is 24.8 Å². The molecule has 0 aromatic heterocycles. The second kappa shape index (κ2) is 7.52. The third kappa shape index (κ3) is 4.41. The van der Waals surface area contributed by atoms with Crippen LogP contribution in [-0.4, -0.2) is 33.6 Å². The molecule has 1 aromatic rings. The van der Waals surface area contributed by atoms with E-state index in [1.165, 1.54) is 0 Å². The molecule has 102 valence electrons. The third-order valence-electron chi connectivity index (χ3n) is 3.38. The second-order valence-electron chi connectivity index (χ2n) is 4.92. The first kappa shape index (κ1) is 15.2. The molecule has 2 unspecified atom stereocenters. The molecule has 0 aliphatic carbocycles. The Balaban J connectivity index is 2.57. The first-order valence-corrected chi connectivity index (χ1v) is 6.67. The molecular formula is C15H24O3. The van der Waals surface area contributed by atoms with Crippen molar-refractivity contribution >= 4 is 0 Å². The molecule has 0 fully saturated rings. The van der Waals surface area contributed by atoms with Crippen molar-refractivity contribution in [1.82, 2.24) is 0 Å². The highest BCUT2D eigenvalue weighted by molar-refractivity contribution is 5.16. The second-order valence-corrected chi connectivity index (χ2v) is 4.92. The first-order valence-electron chi connectivity index (χ1n) is 6.67. The highest BCUT2D eigenvalue weighted by atomic mass is 16.4. The van der Waals surface area contributed by atoms with Crippen molar-refractivity contribution in [2.24, 2.45) is 0 Å². The van der Waals surface area contributed by atoms with Gasteiger partial charge in [-0.05, 0) is 12.0 Å². The van der Waals surface area contributed by atoms with Crippen LogP contribution in [0.15, 0.2) is 30.3 Å². The zero-order valence-corrected chi connectivity index (χ0v) is 11.0. The maximum Gasteiger partial charge on any atom is 0.114 e. The fraction of sp³-hybridized carbons (Fsp3) is 0.600. The molecule has 3 N–H and O–H groups in total. The van der Waals surface area contributed by atoms with Gasteiger partial charge >= 0.3 is 0 Å². The molecule has 2 atom stereocenters. The molecule has 3 heteroatoms. The van der Waals surface area contributed by atoms with Crippen LogP contribution in [0.3, 0.4) is 0 Å². The third-order valence-corrected chi connectivity index (χ3v) is 3.38. The fourth-order valence-electron chi connectivity index (χ4n) is 2.06. The Kier molecular flexibility index (Phi) is 6.33. The van der Waals surface area contributed by atoms with Crippen LogP contribution in [-0.2, 0) is 6.42 Å². The minimum Gasteiger partial charge on any atom is -0.393 e. The Labute approximate surface area is 109 Å². The SMILES string of the molecule is CCCCCC(O)(CO)C(O)Cc1ccccc1. The van der Waals surface area contributed by atoms with Gasteiger partial charge in [-0.25, -0.2) is 0 Å². The summed E-state index contributed by atoms with van der Waals surface area (Å²) in [7, 11) is 0. The Hall–Kier alpha value is -0.900. The zero-order valence-electron chi connectivity index (χ0n) is 11.0. The van der Waals surface area contributed by atoms with Gasteiger partial charge in [0.25, 0.3) is 0 Å². The van der Waals surface area contributed by atoms with Crippen LogP contribution in [0.4, 0.5) is 0 Å². The van der Waals surface area contributed by atoms with Gasteiger partial charge in [-0.3, -0.25) is 0 Å². The maximum atomic E-state index is 10.3. The summed E-state index contributed by atoms with van der Waals surface area (Å²) in [5.74, 6) is 0. The lowest BCUT2D eigenvalue weighted by molar-refractivity contribution is -0.110. The van der Waals surface area contributed by atoms with Crippen LogP contribution in [0, 0.1) is 0 Å². The van der Waals surface area contributed by atoms with E-state index in [2.05, 4.69) is 6.92 Å². The average molecular weight is 252 g/mol. The van der Waals surface area contributed by atoms with Crippen LogP contribution in [0.25, 0.3) is 0 Å². The Bertz CT molecular complexity index is 326. The number of unbranched alkanes of at least 4 members (excludes halogenated alkanes) is 2. The highest BCUT2D eigenvalue weighted by Crippen LogP contribution is 2.22. The van der Waals surface area contributed by atoms with Crippen molar-refractivity contribution in [2.75, 3.05) is 6.61 Å². The summed E-state index contributed by atoms with van der Waals surface area (Å²) in [5, 5.41) is 29.7. The molecule has 0 heterocycles. The maximum absolute atomic E-state index is 10.3. The van der Waals surface area contributed by atoms with E-state index in [1.54, 1.807) is 0 Å². The molecule has 1 aromatic carbocycles. The molecule has 1 rings (SSSR count). The standard InChI is InChI=1S/C15H24O3/c1-2-3-7-10-15(18,12-16)14(17)11-13-8-5-4-6-9-13/h4-6,8-9,14,16-18H,2-3,7,10-12H2,1H3. The van der Waals surface area contributed by atoms with Gasteiger partial charge in [-0.2, -0.15) is 0 Å². The van der Waals surface area contributed by atoms with E-state index in [0.29, 0.717) is 12.8 Å². The summed E-state index contributed by atoms with van der Waals surface area (Å²) >= 11 is 0. The van der Waals surface area contributed by atoms with Crippen LogP contribution >= 0.6 is 0 Å². The molecule has 0 aliphatic rings.